The van der Waals surface area contributed by atoms with E-state index < -0.39 is 0 Å². The van der Waals surface area contributed by atoms with Crippen LogP contribution in [0.25, 0.3) is 6.08 Å². The highest BCUT2D eigenvalue weighted by atomic mass is 16.5. The van der Waals surface area contributed by atoms with Crippen molar-refractivity contribution in [3.05, 3.63) is 76.9 Å². The Kier molecular flexibility index (Phi) is 6.02. The normalized spacial score (nSPS) is 16.6. The summed E-state index contributed by atoms with van der Waals surface area (Å²) in [6.07, 6.45) is 6.59. The molecular weight excluding hydrogens is 310 g/mol. The first-order valence-electron chi connectivity index (χ1n) is 8.99. The van der Waals surface area contributed by atoms with Crippen molar-refractivity contribution in [2.75, 3.05) is 6.61 Å². The second kappa shape index (κ2) is 8.63. The number of carbonyl (C=O) groups is 1. The SMILES string of the molecule is CCOC(=O)/C=C/c1cccc2c1CCC(NCc1ccccc1)C2. The molecule has 0 aliphatic heterocycles. The maximum atomic E-state index is 11.5. The van der Waals surface area contributed by atoms with Gasteiger partial charge in [0.05, 0.1) is 6.61 Å². The fraction of sp³-hybridized carbons (Fsp3) is 0.318. The van der Waals surface area contributed by atoms with Crippen molar-refractivity contribution in [1.29, 1.82) is 0 Å². The van der Waals surface area contributed by atoms with Crippen molar-refractivity contribution in [1.82, 2.24) is 5.32 Å². The Labute approximate surface area is 149 Å². The quantitative estimate of drug-likeness (QED) is 0.642. The largest absolute Gasteiger partial charge is 0.463 e. The van der Waals surface area contributed by atoms with Gasteiger partial charge in [0.15, 0.2) is 0 Å². The molecule has 0 saturated carbocycles. The molecule has 0 spiro atoms. The van der Waals surface area contributed by atoms with Crippen molar-refractivity contribution in [2.45, 2.75) is 38.8 Å². The van der Waals surface area contributed by atoms with Gasteiger partial charge in [-0.1, -0.05) is 48.5 Å². The van der Waals surface area contributed by atoms with Crippen LogP contribution in [0.2, 0.25) is 0 Å². The van der Waals surface area contributed by atoms with Crippen molar-refractivity contribution in [3.63, 3.8) is 0 Å². The van der Waals surface area contributed by atoms with Crippen LogP contribution < -0.4 is 5.32 Å². The molecule has 130 valence electrons. The zero-order valence-corrected chi connectivity index (χ0v) is 14.7. The van der Waals surface area contributed by atoms with Gasteiger partial charge in [-0.25, -0.2) is 4.79 Å². The molecule has 0 fully saturated rings. The molecule has 25 heavy (non-hydrogen) atoms. The summed E-state index contributed by atoms with van der Waals surface area (Å²) in [4.78, 5) is 11.5. The number of hydrogen-bond acceptors (Lipinski definition) is 3. The Morgan fingerprint density at radius 1 is 1.20 bits per heavy atom. The Balaban J connectivity index is 1.64. The lowest BCUT2D eigenvalue weighted by molar-refractivity contribution is -0.137. The minimum absolute atomic E-state index is 0.279. The Morgan fingerprint density at radius 2 is 2.04 bits per heavy atom. The van der Waals surface area contributed by atoms with Gasteiger partial charge in [0.1, 0.15) is 0 Å². The van der Waals surface area contributed by atoms with Crippen molar-refractivity contribution in [2.24, 2.45) is 0 Å². The predicted molar refractivity (Wildman–Crippen MR) is 101 cm³/mol. The van der Waals surface area contributed by atoms with E-state index in [2.05, 4.69) is 47.8 Å². The standard InChI is InChI=1S/C22H25NO2/c1-2-25-22(24)14-11-18-9-6-10-19-15-20(12-13-21(18)19)23-16-17-7-4-3-5-8-17/h3-11,14,20,23H,2,12-13,15-16H2,1H3/b14-11+. The first-order valence-corrected chi connectivity index (χ1v) is 8.99. The van der Waals surface area contributed by atoms with Crippen molar-refractivity contribution >= 4 is 12.0 Å². The molecule has 3 nitrogen and oxygen atoms in total. The van der Waals surface area contributed by atoms with Crippen LogP contribution in [0.3, 0.4) is 0 Å². The van der Waals surface area contributed by atoms with Gasteiger partial charge in [-0.3, -0.25) is 0 Å². The highest BCUT2D eigenvalue weighted by molar-refractivity contribution is 5.87. The molecule has 0 amide bonds. The number of carbonyl (C=O) groups excluding carboxylic acids is 1. The van der Waals surface area contributed by atoms with E-state index in [1.807, 2.05) is 19.1 Å². The van der Waals surface area contributed by atoms with Crippen LogP contribution in [0.4, 0.5) is 0 Å². The third-order valence-corrected chi connectivity index (χ3v) is 4.64. The molecule has 3 heteroatoms. The van der Waals surface area contributed by atoms with E-state index in [1.54, 1.807) is 0 Å². The first kappa shape index (κ1) is 17.4. The lowest BCUT2D eigenvalue weighted by Gasteiger charge is -2.27. The highest BCUT2D eigenvalue weighted by Gasteiger charge is 2.19. The van der Waals surface area contributed by atoms with E-state index in [1.165, 1.54) is 22.8 Å². The van der Waals surface area contributed by atoms with Crippen molar-refractivity contribution in [3.8, 4) is 0 Å². The van der Waals surface area contributed by atoms with E-state index in [0.717, 1.165) is 31.4 Å². The summed E-state index contributed by atoms with van der Waals surface area (Å²) in [7, 11) is 0. The van der Waals surface area contributed by atoms with Gasteiger partial charge in [-0.05, 0) is 54.5 Å². The number of fused-ring (bicyclic) bond motifs is 1. The second-order valence-corrected chi connectivity index (χ2v) is 6.38. The maximum Gasteiger partial charge on any atom is 0.330 e. The number of ether oxygens (including phenoxy) is 1. The van der Waals surface area contributed by atoms with E-state index in [-0.39, 0.29) is 5.97 Å². The molecule has 1 aliphatic rings. The number of esters is 1. The summed E-state index contributed by atoms with van der Waals surface area (Å²) >= 11 is 0. The lowest BCUT2D eigenvalue weighted by Crippen LogP contribution is -2.34. The van der Waals surface area contributed by atoms with Crippen LogP contribution in [-0.4, -0.2) is 18.6 Å². The molecule has 0 heterocycles. The monoisotopic (exact) mass is 335 g/mol. The van der Waals surface area contributed by atoms with Crippen LogP contribution in [0.15, 0.2) is 54.6 Å². The Bertz CT molecular complexity index is 737. The zero-order valence-electron chi connectivity index (χ0n) is 14.7. The minimum Gasteiger partial charge on any atom is -0.463 e. The summed E-state index contributed by atoms with van der Waals surface area (Å²) in [6.45, 7) is 3.13. The van der Waals surface area contributed by atoms with Gasteiger partial charge < -0.3 is 10.1 Å². The molecule has 2 aromatic rings. The molecule has 0 bridgehead atoms. The van der Waals surface area contributed by atoms with Gasteiger partial charge >= 0.3 is 5.97 Å². The molecule has 1 aliphatic carbocycles. The molecule has 1 unspecified atom stereocenters. The van der Waals surface area contributed by atoms with Gasteiger partial charge in [-0.15, -0.1) is 0 Å². The van der Waals surface area contributed by atoms with Gasteiger partial charge in [0, 0.05) is 18.7 Å². The second-order valence-electron chi connectivity index (χ2n) is 6.38. The smallest absolute Gasteiger partial charge is 0.330 e. The van der Waals surface area contributed by atoms with E-state index >= 15 is 0 Å². The van der Waals surface area contributed by atoms with Crippen LogP contribution in [0, 0.1) is 0 Å². The molecular formula is C22H25NO2. The average Bonchev–Trinajstić information content (AvgIpc) is 2.65. The third-order valence-electron chi connectivity index (χ3n) is 4.64. The number of nitrogens with one attached hydrogen (secondary N) is 1. The Hall–Kier alpha value is -2.39. The maximum absolute atomic E-state index is 11.5. The summed E-state index contributed by atoms with van der Waals surface area (Å²) in [5.41, 5.74) is 5.19. The number of rotatable bonds is 6. The van der Waals surface area contributed by atoms with E-state index in [0.29, 0.717) is 12.6 Å². The lowest BCUT2D eigenvalue weighted by atomic mass is 9.85. The fourth-order valence-corrected chi connectivity index (χ4v) is 3.37. The molecule has 0 radical (unpaired) electrons. The molecule has 3 rings (SSSR count). The predicted octanol–water partition coefficient (Wildman–Crippen LogP) is 3.91. The van der Waals surface area contributed by atoms with Gasteiger partial charge in [-0.2, -0.15) is 0 Å². The molecule has 0 aromatic heterocycles. The third kappa shape index (κ3) is 4.80. The summed E-state index contributed by atoms with van der Waals surface area (Å²) in [6, 6.07) is 17.4. The van der Waals surface area contributed by atoms with Gasteiger partial charge in [0.25, 0.3) is 0 Å². The zero-order chi connectivity index (χ0) is 17.5. The molecule has 2 aromatic carbocycles. The fourth-order valence-electron chi connectivity index (χ4n) is 3.37. The summed E-state index contributed by atoms with van der Waals surface area (Å²) < 4.78 is 4.96. The van der Waals surface area contributed by atoms with Crippen LogP contribution >= 0.6 is 0 Å². The summed E-state index contributed by atoms with van der Waals surface area (Å²) in [5, 5.41) is 3.67. The van der Waals surface area contributed by atoms with Gasteiger partial charge in [0.2, 0.25) is 0 Å². The van der Waals surface area contributed by atoms with Crippen molar-refractivity contribution < 1.29 is 9.53 Å². The molecule has 0 saturated heterocycles. The Morgan fingerprint density at radius 3 is 2.84 bits per heavy atom. The first-order chi connectivity index (χ1) is 12.3. The highest BCUT2D eigenvalue weighted by Crippen LogP contribution is 2.26. The minimum atomic E-state index is -0.279. The summed E-state index contributed by atoms with van der Waals surface area (Å²) in [5.74, 6) is -0.279. The average molecular weight is 335 g/mol. The number of hydrogen-bond donors (Lipinski definition) is 1. The molecule has 1 atom stereocenters. The van der Waals surface area contributed by atoms with E-state index in [4.69, 9.17) is 4.74 Å². The van der Waals surface area contributed by atoms with Crippen LogP contribution in [-0.2, 0) is 28.9 Å². The van der Waals surface area contributed by atoms with Crippen LogP contribution in [0.1, 0.15) is 35.6 Å². The topological polar surface area (TPSA) is 38.3 Å². The van der Waals surface area contributed by atoms with Crippen LogP contribution in [0.5, 0.6) is 0 Å². The molecule has 1 N–H and O–H groups in total. The van der Waals surface area contributed by atoms with E-state index in [9.17, 15) is 4.79 Å². The number of benzene rings is 2.